The maximum Gasteiger partial charge on any atom is 0.312 e. The molecule has 1 aromatic heterocycles. The van der Waals surface area contributed by atoms with Gasteiger partial charge in [0, 0.05) is 27.9 Å². The van der Waals surface area contributed by atoms with Crippen LogP contribution in [0.1, 0.15) is 39.4 Å². The van der Waals surface area contributed by atoms with Crippen molar-refractivity contribution in [2.24, 2.45) is 0 Å². The number of carbonyl (C=O) groups is 2. The SMILES string of the molecule is COc1ccc2[nH]c(=O)c(C3CC(=O)Oc4ccc5c(c43)O/C(=C/c3ccccc3)C5=O)cc2c1. The molecule has 2 aliphatic heterocycles. The van der Waals surface area contributed by atoms with Gasteiger partial charge >= 0.3 is 5.97 Å². The summed E-state index contributed by atoms with van der Waals surface area (Å²) in [7, 11) is 1.57. The molecular formula is C28H19NO6. The molecule has 7 heteroatoms. The van der Waals surface area contributed by atoms with E-state index < -0.39 is 11.9 Å². The summed E-state index contributed by atoms with van der Waals surface area (Å²) >= 11 is 0. The summed E-state index contributed by atoms with van der Waals surface area (Å²) in [5, 5.41) is 0.758. The summed E-state index contributed by atoms with van der Waals surface area (Å²) in [5.74, 6) is 0.0407. The van der Waals surface area contributed by atoms with Gasteiger partial charge in [-0.3, -0.25) is 14.4 Å². The number of esters is 1. The van der Waals surface area contributed by atoms with E-state index in [1.165, 1.54) is 0 Å². The molecule has 0 bridgehead atoms. The Bertz CT molecular complexity index is 1620. The Balaban J connectivity index is 1.51. The molecule has 0 spiro atoms. The van der Waals surface area contributed by atoms with Crippen molar-refractivity contribution in [2.45, 2.75) is 12.3 Å². The second-order valence-corrected chi connectivity index (χ2v) is 8.44. The van der Waals surface area contributed by atoms with Crippen LogP contribution in [0.3, 0.4) is 0 Å². The fourth-order valence-electron chi connectivity index (χ4n) is 4.66. The van der Waals surface area contributed by atoms with Gasteiger partial charge in [0.25, 0.3) is 5.56 Å². The number of ketones is 1. The maximum absolute atomic E-state index is 13.1. The molecule has 0 aliphatic carbocycles. The number of H-pyrrole nitrogens is 1. The van der Waals surface area contributed by atoms with Crippen molar-refractivity contribution in [2.75, 3.05) is 7.11 Å². The minimum atomic E-state index is -0.649. The Kier molecular flexibility index (Phi) is 4.77. The summed E-state index contributed by atoms with van der Waals surface area (Å²) in [4.78, 5) is 41.6. The van der Waals surface area contributed by atoms with Crippen molar-refractivity contribution in [3.8, 4) is 17.2 Å². The number of nitrogens with one attached hydrogen (secondary N) is 1. The van der Waals surface area contributed by atoms with Gasteiger partial charge in [0.1, 0.15) is 17.2 Å². The van der Waals surface area contributed by atoms with Crippen LogP contribution in [0.4, 0.5) is 0 Å². The van der Waals surface area contributed by atoms with Crippen molar-refractivity contribution in [3.05, 3.63) is 105 Å². The molecule has 35 heavy (non-hydrogen) atoms. The quantitative estimate of drug-likeness (QED) is 0.270. The fraction of sp³-hybridized carbons (Fsp3) is 0.107. The number of aromatic amines is 1. The van der Waals surface area contributed by atoms with Gasteiger partial charge in [-0.1, -0.05) is 30.3 Å². The smallest absolute Gasteiger partial charge is 0.312 e. The lowest BCUT2D eigenvalue weighted by Crippen LogP contribution is -2.26. The van der Waals surface area contributed by atoms with Crippen LogP contribution in [0.2, 0.25) is 0 Å². The molecule has 1 N–H and O–H groups in total. The van der Waals surface area contributed by atoms with Gasteiger partial charge in [-0.15, -0.1) is 0 Å². The maximum atomic E-state index is 13.1. The number of fused-ring (bicyclic) bond motifs is 4. The van der Waals surface area contributed by atoms with Gasteiger partial charge in [0.15, 0.2) is 5.76 Å². The largest absolute Gasteiger partial charge is 0.497 e. The van der Waals surface area contributed by atoms with E-state index in [2.05, 4.69) is 4.98 Å². The van der Waals surface area contributed by atoms with Gasteiger partial charge in [-0.2, -0.15) is 0 Å². The molecule has 0 radical (unpaired) electrons. The molecule has 0 saturated heterocycles. The summed E-state index contributed by atoms with van der Waals surface area (Å²) in [5.41, 5.74) is 2.41. The first kappa shape index (κ1) is 20.9. The van der Waals surface area contributed by atoms with Gasteiger partial charge in [-0.05, 0) is 48.0 Å². The summed E-state index contributed by atoms with van der Waals surface area (Å²) in [6.07, 6.45) is 1.62. The lowest BCUT2D eigenvalue weighted by atomic mass is 9.85. The highest BCUT2D eigenvalue weighted by molar-refractivity contribution is 6.15. The zero-order valence-electron chi connectivity index (χ0n) is 18.7. The van der Waals surface area contributed by atoms with E-state index in [-0.39, 0.29) is 29.3 Å². The highest BCUT2D eigenvalue weighted by atomic mass is 16.5. The van der Waals surface area contributed by atoms with Crippen molar-refractivity contribution in [1.29, 1.82) is 0 Å². The third kappa shape index (κ3) is 3.49. The molecule has 3 heterocycles. The Labute approximate surface area is 199 Å². The van der Waals surface area contributed by atoms with Crippen molar-refractivity contribution in [3.63, 3.8) is 0 Å². The number of hydrogen-bond acceptors (Lipinski definition) is 6. The van der Waals surface area contributed by atoms with Crippen LogP contribution in [-0.2, 0) is 4.79 Å². The van der Waals surface area contributed by atoms with E-state index >= 15 is 0 Å². The summed E-state index contributed by atoms with van der Waals surface area (Å²) < 4.78 is 16.9. The molecule has 1 unspecified atom stereocenters. The molecule has 3 aromatic carbocycles. The number of allylic oxidation sites excluding steroid dienone is 1. The Hall–Kier alpha value is -4.65. The van der Waals surface area contributed by atoms with E-state index in [1.54, 1.807) is 43.5 Å². The topological polar surface area (TPSA) is 94.7 Å². The van der Waals surface area contributed by atoms with Crippen LogP contribution >= 0.6 is 0 Å². The predicted octanol–water partition coefficient (Wildman–Crippen LogP) is 4.59. The number of rotatable bonds is 3. The van der Waals surface area contributed by atoms with Crippen LogP contribution in [-0.4, -0.2) is 23.8 Å². The average Bonchev–Trinajstić information content (AvgIpc) is 3.18. The monoisotopic (exact) mass is 465 g/mol. The van der Waals surface area contributed by atoms with E-state index in [0.717, 1.165) is 10.9 Å². The fourth-order valence-corrected chi connectivity index (χ4v) is 4.66. The first-order valence-electron chi connectivity index (χ1n) is 11.1. The minimum absolute atomic E-state index is 0.0582. The highest BCUT2D eigenvalue weighted by Gasteiger charge is 2.39. The molecule has 0 amide bonds. The Morgan fingerprint density at radius 2 is 1.80 bits per heavy atom. The van der Waals surface area contributed by atoms with E-state index in [4.69, 9.17) is 14.2 Å². The lowest BCUT2D eigenvalue weighted by Gasteiger charge is -2.26. The standard InChI is InChI=1S/C28H19NO6/c1-33-17-7-9-21-16(12-17)13-20(28(32)29-21)19-14-24(30)34-22-10-8-18-26(31)23(35-27(18)25(19)22)11-15-5-3-2-4-6-15/h2-13,19H,14H2,1H3,(H,29,32)/b23-11+. The summed E-state index contributed by atoms with van der Waals surface area (Å²) in [6, 6.07) is 19.6. The summed E-state index contributed by atoms with van der Waals surface area (Å²) in [6.45, 7) is 0. The number of pyridine rings is 1. The van der Waals surface area contributed by atoms with Crippen LogP contribution in [0, 0.1) is 0 Å². The molecule has 172 valence electrons. The molecular weight excluding hydrogens is 446 g/mol. The van der Waals surface area contributed by atoms with Gasteiger partial charge < -0.3 is 19.2 Å². The van der Waals surface area contributed by atoms with Crippen LogP contribution < -0.4 is 19.8 Å². The minimum Gasteiger partial charge on any atom is -0.497 e. The van der Waals surface area contributed by atoms with E-state index in [0.29, 0.717) is 33.7 Å². The zero-order chi connectivity index (χ0) is 24.1. The van der Waals surface area contributed by atoms with Gasteiger partial charge in [-0.25, -0.2) is 0 Å². The van der Waals surface area contributed by atoms with Crippen LogP contribution in [0.25, 0.3) is 17.0 Å². The molecule has 7 nitrogen and oxygen atoms in total. The molecule has 0 fully saturated rings. The van der Waals surface area contributed by atoms with E-state index in [9.17, 15) is 14.4 Å². The highest BCUT2D eigenvalue weighted by Crippen LogP contribution is 2.48. The number of carbonyl (C=O) groups excluding carboxylic acids is 2. The normalized spacial score (nSPS) is 17.6. The number of hydrogen-bond donors (Lipinski definition) is 1. The number of benzene rings is 3. The van der Waals surface area contributed by atoms with Crippen molar-refractivity contribution < 1.29 is 23.8 Å². The average molecular weight is 465 g/mol. The van der Waals surface area contributed by atoms with Crippen LogP contribution in [0.5, 0.6) is 17.2 Å². The second-order valence-electron chi connectivity index (χ2n) is 8.44. The second kappa shape index (κ2) is 7.99. The number of aromatic nitrogens is 1. The molecule has 4 aromatic rings. The predicted molar refractivity (Wildman–Crippen MR) is 129 cm³/mol. The first-order valence-corrected chi connectivity index (χ1v) is 11.1. The molecule has 6 rings (SSSR count). The Morgan fingerprint density at radius 3 is 2.60 bits per heavy atom. The first-order chi connectivity index (χ1) is 17.0. The molecule has 2 aliphatic rings. The van der Waals surface area contributed by atoms with Crippen molar-refractivity contribution >= 4 is 28.7 Å². The number of methoxy groups -OCH3 is 1. The van der Waals surface area contributed by atoms with E-state index in [1.807, 2.05) is 36.4 Å². The molecule has 0 saturated carbocycles. The third-order valence-electron chi connectivity index (χ3n) is 6.33. The molecule has 1 atom stereocenters. The number of Topliss-reactive ketones (excluding diaryl/α,β-unsaturated/α-hetero) is 1. The van der Waals surface area contributed by atoms with Crippen molar-refractivity contribution in [1.82, 2.24) is 4.98 Å². The van der Waals surface area contributed by atoms with Gasteiger partial charge in [0.05, 0.1) is 19.1 Å². The lowest BCUT2D eigenvalue weighted by molar-refractivity contribution is -0.135. The van der Waals surface area contributed by atoms with Crippen LogP contribution in [0.15, 0.2) is 77.3 Å². The number of ether oxygens (including phenoxy) is 3. The third-order valence-corrected chi connectivity index (χ3v) is 6.33. The van der Waals surface area contributed by atoms with Gasteiger partial charge in [0.2, 0.25) is 5.78 Å². The Morgan fingerprint density at radius 1 is 0.971 bits per heavy atom. The zero-order valence-corrected chi connectivity index (χ0v) is 18.7.